The van der Waals surface area contributed by atoms with Gasteiger partial charge in [0, 0.05) is 5.56 Å². The van der Waals surface area contributed by atoms with Crippen molar-refractivity contribution in [3.8, 4) is 11.3 Å². The summed E-state index contributed by atoms with van der Waals surface area (Å²) in [4.78, 5) is 17.6. The van der Waals surface area contributed by atoms with Crippen molar-refractivity contribution in [1.29, 1.82) is 0 Å². The minimum absolute atomic E-state index is 0.0183. The van der Waals surface area contributed by atoms with Crippen LogP contribution in [0.15, 0.2) is 24.3 Å². The maximum atomic E-state index is 11.1. The van der Waals surface area contributed by atoms with E-state index in [1.807, 2.05) is 24.3 Å². The molecule has 0 saturated heterocycles. The molecule has 4 N–H and O–H groups in total. The summed E-state index contributed by atoms with van der Waals surface area (Å²) in [5, 5.41) is 9.06. The lowest BCUT2D eigenvalue weighted by Gasteiger charge is -2.06. The van der Waals surface area contributed by atoms with Gasteiger partial charge in [0.15, 0.2) is 11.6 Å². The number of rotatable bonds is 3. The number of nitrogens with zero attached hydrogens (tertiary/aromatic N) is 1. The van der Waals surface area contributed by atoms with Crippen molar-refractivity contribution >= 4 is 11.9 Å². The van der Waals surface area contributed by atoms with Crippen LogP contribution in [0.1, 0.15) is 35.8 Å². The van der Waals surface area contributed by atoms with Crippen molar-refractivity contribution in [2.24, 2.45) is 0 Å². The maximum absolute atomic E-state index is 11.1. The first-order valence-corrected chi connectivity index (χ1v) is 5.68. The van der Waals surface area contributed by atoms with Crippen LogP contribution < -0.4 is 5.73 Å². The van der Waals surface area contributed by atoms with Gasteiger partial charge in [-0.3, -0.25) is 0 Å². The molecule has 1 heterocycles. The first kappa shape index (κ1) is 12.2. The molecule has 1 aromatic heterocycles. The number of carboxylic acid groups (broad SMARTS) is 1. The van der Waals surface area contributed by atoms with Crippen molar-refractivity contribution in [1.82, 2.24) is 9.97 Å². The molecule has 0 aliphatic carbocycles. The predicted octanol–water partition coefficient (Wildman–Crippen LogP) is 2.48. The molecule has 0 spiro atoms. The van der Waals surface area contributed by atoms with Gasteiger partial charge < -0.3 is 15.8 Å². The lowest BCUT2D eigenvalue weighted by molar-refractivity contribution is 0.0692. The number of nitrogens with one attached hydrogen (secondary N) is 1. The third kappa shape index (κ3) is 2.20. The van der Waals surface area contributed by atoms with Crippen molar-refractivity contribution in [3.63, 3.8) is 0 Å². The molecule has 0 unspecified atom stereocenters. The monoisotopic (exact) mass is 245 g/mol. The van der Waals surface area contributed by atoms with E-state index in [4.69, 9.17) is 10.8 Å². The molecular weight excluding hydrogens is 230 g/mol. The number of H-pyrrole nitrogens is 1. The van der Waals surface area contributed by atoms with Crippen LogP contribution in [0.2, 0.25) is 0 Å². The SMILES string of the molecule is CC(C)c1ccc(-c2nc(N)[nH]c2C(=O)O)cc1. The van der Waals surface area contributed by atoms with Crippen LogP contribution in [-0.2, 0) is 0 Å². The number of benzene rings is 1. The van der Waals surface area contributed by atoms with Gasteiger partial charge in [0.05, 0.1) is 0 Å². The number of nitrogen functional groups attached to an aromatic ring is 1. The number of hydrogen-bond donors (Lipinski definition) is 3. The molecule has 2 aromatic rings. The van der Waals surface area contributed by atoms with E-state index < -0.39 is 5.97 Å². The molecule has 5 nitrogen and oxygen atoms in total. The van der Waals surface area contributed by atoms with Crippen molar-refractivity contribution in [3.05, 3.63) is 35.5 Å². The second-order valence-electron chi connectivity index (χ2n) is 4.43. The Morgan fingerprint density at radius 2 is 1.94 bits per heavy atom. The average molecular weight is 245 g/mol. The number of imidazole rings is 1. The van der Waals surface area contributed by atoms with E-state index in [0.717, 1.165) is 5.56 Å². The van der Waals surface area contributed by atoms with Crippen molar-refractivity contribution < 1.29 is 9.90 Å². The fraction of sp³-hybridized carbons (Fsp3) is 0.231. The number of anilines is 1. The van der Waals surface area contributed by atoms with Crippen LogP contribution in [-0.4, -0.2) is 21.0 Å². The highest BCUT2D eigenvalue weighted by Gasteiger charge is 2.16. The molecule has 0 aliphatic heterocycles. The largest absolute Gasteiger partial charge is 0.477 e. The van der Waals surface area contributed by atoms with Crippen LogP contribution in [0.3, 0.4) is 0 Å². The summed E-state index contributed by atoms with van der Waals surface area (Å²) in [7, 11) is 0. The molecule has 5 heteroatoms. The highest BCUT2D eigenvalue weighted by atomic mass is 16.4. The number of nitrogens with two attached hydrogens (primary N) is 1. The van der Waals surface area contributed by atoms with Gasteiger partial charge in [-0.15, -0.1) is 0 Å². The van der Waals surface area contributed by atoms with E-state index in [9.17, 15) is 4.79 Å². The maximum Gasteiger partial charge on any atom is 0.354 e. The molecule has 0 radical (unpaired) electrons. The summed E-state index contributed by atoms with van der Waals surface area (Å²) in [5.41, 5.74) is 7.83. The second-order valence-corrected chi connectivity index (χ2v) is 4.43. The van der Waals surface area contributed by atoms with Crippen molar-refractivity contribution in [2.75, 3.05) is 5.73 Å². The van der Waals surface area contributed by atoms with Gasteiger partial charge in [0.1, 0.15) is 5.69 Å². The van der Waals surface area contributed by atoms with E-state index >= 15 is 0 Å². The van der Waals surface area contributed by atoms with E-state index in [1.165, 1.54) is 5.56 Å². The van der Waals surface area contributed by atoms with E-state index in [2.05, 4.69) is 23.8 Å². The first-order chi connectivity index (χ1) is 8.49. The predicted molar refractivity (Wildman–Crippen MR) is 69.5 cm³/mol. The standard InChI is InChI=1S/C13H15N3O2/c1-7(2)8-3-5-9(6-4-8)10-11(12(17)18)16-13(14)15-10/h3-7H,1-2H3,(H,17,18)(H3,14,15,16). The van der Waals surface area contributed by atoms with Crippen LogP contribution >= 0.6 is 0 Å². The zero-order valence-corrected chi connectivity index (χ0v) is 10.3. The third-order valence-corrected chi connectivity index (χ3v) is 2.79. The second kappa shape index (κ2) is 4.52. The molecule has 0 amide bonds. The number of aromatic nitrogens is 2. The van der Waals surface area contributed by atoms with Crippen LogP contribution in [0.25, 0.3) is 11.3 Å². The molecule has 0 bridgehead atoms. The Kier molecular flexibility index (Phi) is 3.06. The fourth-order valence-corrected chi connectivity index (χ4v) is 1.78. The molecule has 2 rings (SSSR count). The molecule has 0 saturated carbocycles. The van der Waals surface area contributed by atoms with Gasteiger partial charge in [-0.05, 0) is 11.5 Å². The molecule has 1 aromatic carbocycles. The summed E-state index contributed by atoms with van der Waals surface area (Å²) >= 11 is 0. The fourth-order valence-electron chi connectivity index (χ4n) is 1.78. The average Bonchev–Trinajstić information content (AvgIpc) is 2.71. The number of hydrogen-bond acceptors (Lipinski definition) is 3. The number of aromatic carboxylic acids is 1. The summed E-state index contributed by atoms with van der Waals surface area (Å²) in [6.45, 7) is 4.20. The minimum atomic E-state index is -1.07. The Balaban J connectivity index is 2.45. The third-order valence-electron chi connectivity index (χ3n) is 2.79. The highest BCUT2D eigenvalue weighted by molar-refractivity contribution is 5.93. The molecule has 0 fully saturated rings. The van der Waals surface area contributed by atoms with E-state index in [-0.39, 0.29) is 11.6 Å². The highest BCUT2D eigenvalue weighted by Crippen LogP contribution is 2.24. The lowest BCUT2D eigenvalue weighted by atomic mass is 10.0. The van der Waals surface area contributed by atoms with Gasteiger partial charge >= 0.3 is 5.97 Å². The number of carboxylic acids is 1. The Bertz CT molecular complexity index is 570. The van der Waals surface area contributed by atoms with Gasteiger partial charge in [-0.1, -0.05) is 38.1 Å². The lowest BCUT2D eigenvalue weighted by Crippen LogP contribution is -1.99. The van der Waals surface area contributed by atoms with E-state index in [1.54, 1.807) is 0 Å². The smallest absolute Gasteiger partial charge is 0.354 e. The Hall–Kier alpha value is -2.30. The Morgan fingerprint density at radius 1 is 1.33 bits per heavy atom. The molecule has 94 valence electrons. The van der Waals surface area contributed by atoms with Crippen molar-refractivity contribution in [2.45, 2.75) is 19.8 Å². The summed E-state index contributed by atoms with van der Waals surface area (Å²) in [6.07, 6.45) is 0. The Morgan fingerprint density at radius 3 is 2.44 bits per heavy atom. The molecule has 0 atom stereocenters. The van der Waals surface area contributed by atoms with Crippen LogP contribution in [0.4, 0.5) is 5.95 Å². The summed E-state index contributed by atoms with van der Waals surface area (Å²) in [6, 6.07) is 7.65. The quantitative estimate of drug-likeness (QED) is 0.774. The zero-order valence-electron chi connectivity index (χ0n) is 10.3. The van der Waals surface area contributed by atoms with Gasteiger partial charge in [0.2, 0.25) is 0 Å². The summed E-state index contributed by atoms with van der Waals surface area (Å²) in [5.74, 6) is -0.528. The number of carbonyl (C=O) groups is 1. The van der Waals surface area contributed by atoms with Gasteiger partial charge in [-0.2, -0.15) is 0 Å². The minimum Gasteiger partial charge on any atom is -0.477 e. The topological polar surface area (TPSA) is 92.0 Å². The van der Waals surface area contributed by atoms with Gasteiger partial charge in [0.25, 0.3) is 0 Å². The first-order valence-electron chi connectivity index (χ1n) is 5.68. The van der Waals surface area contributed by atoms with Crippen LogP contribution in [0, 0.1) is 0 Å². The summed E-state index contributed by atoms with van der Waals surface area (Å²) < 4.78 is 0. The molecular formula is C13H15N3O2. The van der Waals surface area contributed by atoms with Gasteiger partial charge in [-0.25, -0.2) is 9.78 Å². The van der Waals surface area contributed by atoms with Crippen LogP contribution in [0.5, 0.6) is 0 Å². The molecule has 18 heavy (non-hydrogen) atoms. The normalized spacial score (nSPS) is 10.8. The van der Waals surface area contributed by atoms with E-state index in [0.29, 0.717) is 11.6 Å². The number of aromatic amines is 1. The zero-order chi connectivity index (χ0) is 13.3. The molecule has 0 aliphatic rings. The Labute approximate surface area is 105 Å².